The van der Waals surface area contributed by atoms with E-state index >= 15 is 0 Å². The molecule has 0 aromatic heterocycles. The molecule has 1 aliphatic rings. The van der Waals surface area contributed by atoms with Crippen LogP contribution in [0.5, 0.6) is 0 Å². The van der Waals surface area contributed by atoms with E-state index in [4.69, 9.17) is 27.5 Å². The van der Waals surface area contributed by atoms with Crippen LogP contribution in [0.25, 0.3) is 0 Å². The number of benzene rings is 1. The Hall–Kier alpha value is -2.07. The lowest BCUT2D eigenvalue weighted by molar-refractivity contribution is 0.224. The maximum atomic E-state index is 7.94. The van der Waals surface area contributed by atoms with Crippen LogP contribution in [0.3, 0.4) is 0 Å². The van der Waals surface area contributed by atoms with Crippen molar-refractivity contribution in [2.24, 2.45) is 10.7 Å². The molecular weight excluding hydrogens is 298 g/mol. The number of para-hydroxylation sites is 1. The Labute approximate surface area is 135 Å². The summed E-state index contributed by atoms with van der Waals surface area (Å²) in [6.45, 7) is 2.73. The molecule has 1 aliphatic carbocycles. The van der Waals surface area contributed by atoms with E-state index in [0.29, 0.717) is 34.5 Å². The number of rotatable bonds is 6. The molecule has 22 heavy (non-hydrogen) atoms. The van der Waals surface area contributed by atoms with Gasteiger partial charge < -0.3 is 10.5 Å². The monoisotopic (exact) mass is 317 g/mol. The lowest BCUT2D eigenvalue weighted by Crippen LogP contribution is -2.19. The fourth-order valence-electron chi connectivity index (χ4n) is 2.01. The quantitative estimate of drug-likeness (QED) is 0.603. The van der Waals surface area contributed by atoms with Gasteiger partial charge >= 0.3 is 0 Å². The number of nitrogens with two attached hydrogens (primary N) is 1. The van der Waals surface area contributed by atoms with Gasteiger partial charge in [0.05, 0.1) is 34.4 Å². The lowest BCUT2D eigenvalue weighted by atomic mass is 10.1. The Morgan fingerprint density at radius 2 is 2.00 bits per heavy atom. The number of hydrogen-bond donors (Lipinski definition) is 2. The zero-order chi connectivity index (χ0) is 15.9. The Morgan fingerprint density at radius 1 is 1.23 bits per heavy atom. The van der Waals surface area contributed by atoms with Crippen LogP contribution in [0.2, 0.25) is 5.02 Å². The van der Waals surface area contributed by atoms with Crippen molar-refractivity contribution in [3.8, 4) is 0 Å². The number of allylic oxidation sites excluding steroid dienone is 2. The zero-order valence-electron chi connectivity index (χ0n) is 12.6. The number of ether oxygens (including phenoxy) is 1. The Kier molecular flexibility index (Phi) is 5.78. The molecule has 0 radical (unpaired) electrons. The highest BCUT2D eigenvalue weighted by atomic mass is 35.5. The van der Waals surface area contributed by atoms with Gasteiger partial charge in [0.2, 0.25) is 0 Å². The second-order valence-corrected chi connectivity index (χ2v) is 5.43. The number of hydrogen-bond acceptors (Lipinski definition) is 4. The van der Waals surface area contributed by atoms with Crippen LogP contribution in [0.1, 0.15) is 26.2 Å². The van der Waals surface area contributed by atoms with E-state index in [1.165, 1.54) is 0 Å². The maximum Gasteiger partial charge on any atom is 0.146 e. The van der Waals surface area contributed by atoms with Gasteiger partial charge in [-0.25, -0.2) is 4.99 Å². The molecule has 0 heterocycles. The summed E-state index contributed by atoms with van der Waals surface area (Å²) in [5.74, 6) is 0.496. The molecule has 2 rings (SSSR count). The van der Waals surface area contributed by atoms with E-state index in [1.807, 2.05) is 18.2 Å². The third kappa shape index (κ3) is 4.21. The molecule has 0 amide bonds. The van der Waals surface area contributed by atoms with Gasteiger partial charge in [0.25, 0.3) is 0 Å². The number of unbranched alkanes of at least 4 members (excludes halogenated alkanes) is 2. The van der Waals surface area contributed by atoms with Gasteiger partial charge in [-0.1, -0.05) is 43.5 Å². The third-order valence-electron chi connectivity index (χ3n) is 3.23. The van der Waals surface area contributed by atoms with Crippen LogP contribution in [0.15, 0.2) is 52.9 Å². The molecule has 0 bridgehead atoms. The highest BCUT2D eigenvalue weighted by molar-refractivity contribution is 6.33. The summed E-state index contributed by atoms with van der Waals surface area (Å²) in [4.78, 5) is 4.47. The minimum absolute atomic E-state index is 0.270. The van der Waals surface area contributed by atoms with Crippen molar-refractivity contribution in [1.29, 1.82) is 5.41 Å². The fourth-order valence-corrected chi connectivity index (χ4v) is 2.19. The van der Waals surface area contributed by atoms with Crippen LogP contribution >= 0.6 is 11.6 Å². The molecule has 0 fully saturated rings. The molecule has 0 unspecified atom stereocenters. The maximum absolute atomic E-state index is 7.94. The smallest absolute Gasteiger partial charge is 0.146 e. The summed E-state index contributed by atoms with van der Waals surface area (Å²) < 4.78 is 5.67. The molecule has 0 aliphatic heterocycles. The second kappa shape index (κ2) is 7.80. The van der Waals surface area contributed by atoms with Crippen LogP contribution in [-0.2, 0) is 4.74 Å². The summed E-state index contributed by atoms with van der Waals surface area (Å²) in [6, 6.07) is 7.30. The SMILES string of the molecule is CCCCCOC1=C/C(=N/c2ccccc2Cl)C(N)=CC1=N. The number of halogens is 1. The highest BCUT2D eigenvalue weighted by Gasteiger charge is 2.16. The summed E-state index contributed by atoms with van der Waals surface area (Å²) >= 11 is 6.11. The van der Waals surface area contributed by atoms with Crippen molar-refractivity contribution < 1.29 is 4.74 Å². The average molecular weight is 318 g/mol. The first kappa shape index (κ1) is 16.3. The van der Waals surface area contributed by atoms with Gasteiger partial charge in [-0.05, 0) is 24.6 Å². The summed E-state index contributed by atoms with van der Waals surface area (Å²) in [7, 11) is 0. The number of aliphatic imine (C=N–C) groups is 1. The van der Waals surface area contributed by atoms with E-state index in [1.54, 1.807) is 18.2 Å². The molecule has 0 atom stereocenters. The topological polar surface area (TPSA) is 71.5 Å². The van der Waals surface area contributed by atoms with Crippen LogP contribution < -0.4 is 5.73 Å². The van der Waals surface area contributed by atoms with E-state index in [-0.39, 0.29) is 5.71 Å². The van der Waals surface area contributed by atoms with Gasteiger partial charge in [-0.15, -0.1) is 0 Å². The minimum Gasteiger partial charge on any atom is -0.491 e. The van der Waals surface area contributed by atoms with E-state index < -0.39 is 0 Å². The predicted molar refractivity (Wildman–Crippen MR) is 92.1 cm³/mol. The van der Waals surface area contributed by atoms with Gasteiger partial charge in [0, 0.05) is 6.08 Å². The van der Waals surface area contributed by atoms with E-state index in [2.05, 4.69) is 11.9 Å². The Morgan fingerprint density at radius 3 is 2.73 bits per heavy atom. The molecule has 4 nitrogen and oxygen atoms in total. The van der Waals surface area contributed by atoms with Crippen LogP contribution in [0, 0.1) is 5.41 Å². The van der Waals surface area contributed by atoms with E-state index in [0.717, 1.165) is 19.3 Å². The molecule has 0 spiro atoms. The van der Waals surface area contributed by atoms with Crippen molar-refractivity contribution in [3.05, 3.63) is 52.9 Å². The second-order valence-electron chi connectivity index (χ2n) is 5.03. The van der Waals surface area contributed by atoms with Crippen molar-refractivity contribution in [3.63, 3.8) is 0 Å². The average Bonchev–Trinajstić information content (AvgIpc) is 2.50. The molecule has 0 saturated carbocycles. The van der Waals surface area contributed by atoms with Crippen molar-refractivity contribution in [1.82, 2.24) is 0 Å². The molecule has 1 aromatic carbocycles. The molecule has 1 aromatic rings. The highest BCUT2D eigenvalue weighted by Crippen LogP contribution is 2.25. The summed E-state index contributed by atoms with van der Waals surface area (Å²) in [5, 5.41) is 8.50. The van der Waals surface area contributed by atoms with Gasteiger partial charge in [-0.3, -0.25) is 5.41 Å². The van der Waals surface area contributed by atoms with Crippen LogP contribution in [0.4, 0.5) is 5.69 Å². The minimum atomic E-state index is 0.270. The molecular formula is C17H20ClN3O. The van der Waals surface area contributed by atoms with E-state index in [9.17, 15) is 0 Å². The summed E-state index contributed by atoms with van der Waals surface area (Å²) in [5.41, 5.74) is 7.87. The first-order valence-corrected chi connectivity index (χ1v) is 7.73. The predicted octanol–water partition coefficient (Wildman–Crippen LogP) is 4.38. The molecule has 116 valence electrons. The number of nitrogens with one attached hydrogen (secondary N) is 1. The zero-order valence-corrected chi connectivity index (χ0v) is 13.4. The van der Waals surface area contributed by atoms with Crippen molar-refractivity contribution in [2.45, 2.75) is 26.2 Å². The van der Waals surface area contributed by atoms with Gasteiger partial charge in [0.15, 0.2) is 0 Å². The van der Waals surface area contributed by atoms with Gasteiger partial charge in [-0.2, -0.15) is 0 Å². The third-order valence-corrected chi connectivity index (χ3v) is 3.55. The molecule has 3 N–H and O–H groups in total. The first-order valence-electron chi connectivity index (χ1n) is 7.36. The standard InChI is InChI=1S/C17H20ClN3O/c1-2-3-6-9-22-17-11-16(13(19)10-14(17)20)21-15-8-5-4-7-12(15)18/h4-5,7-8,10-11,20H,2-3,6,9,19H2,1H3/b20-14?,21-16-. The Bertz CT molecular complexity index is 647. The summed E-state index contributed by atoms with van der Waals surface area (Å²) in [6.07, 6.45) is 6.47. The molecule has 0 saturated heterocycles. The first-order chi connectivity index (χ1) is 10.6. The van der Waals surface area contributed by atoms with Crippen LogP contribution in [-0.4, -0.2) is 18.0 Å². The fraction of sp³-hybridized carbons (Fsp3) is 0.294. The normalized spacial score (nSPS) is 16.5. The Balaban J connectivity index is 2.19. The lowest BCUT2D eigenvalue weighted by Gasteiger charge is -2.15. The largest absolute Gasteiger partial charge is 0.491 e. The van der Waals surface area contributed by atoms with Gasteiger partial charge in [0.1, 0.15) is 5.76 Å². The number of nitrogens with zero attached hydrogens (tertiary/aromatic N) is 1. The van der Waals surface area contributed by atoms with Crippen molar-refractivity contribution in [2.75, 3.05) is 6.61 Å². The molecule has 5 heteroatoms. The van der Waals surface area contributed by atoms with Crippen molar-refractivity contribution >= 4 is 28.7 Å².